The quantitative estimate of drug-likeness (QED) is 0.837. The third kappa shape index (κ3) is 3.52. The standard InChI is InChI=1S/C13H18BrNO4S/c1-19-12-6-5-10(14)7-13(12)20(17,18)15-8-9-3-2-4-11(9)16/h5-7,9,11,15-16H,2-4,8H2,1H3. The highest BCUT2D eigenvalue weighted by Crippen LogP contribution is 2.28. The van der Waals surface area contributed by atoms with Crippen LogP contribution >= 0.6 is 15.9 Å². The van der Waals surface area contributed by atoms with Gasteiger partial charge in [-0.25, -0.2) is 13.1 Å². The minimum Gasteiger partial charge on any atom is -0.495 e. The molecule has 0 aromatic heterocycles. The lowest BCUT2D eigenvalue weighted by atomic mass is 10.1. The number of aliphatic hydroxyl groups is 1. The van der Waals surface area contributed by atoms with E-state index in [0.717, 1.165) is 19.3 Å². The summed E-state index contributed by atoms with van der Waals surface area (Å²) in [4.78, 5) is 0.0989. The first kappa shape index (κ1) is 15.8. The first-order chi connectivity index (χ1) is 9.44. The smallest absolute Gasteiger partial charge is 0.244 e. The van der Waals surface area contributed by atoms with Crippen LogP contribution < -0.4 is 9.46 Å². The molecule has 1 aliphatic rings. The number of rotatable bonds is 5. The van der Waals surface area contributed by atoms with E-state index in [9.17, 15) is 13.5 Å². The summed E-state index contributed by atoms with van der Waals surface area (Å²) in [6.07, 6.45) is 2.11. The highest BCUT2D eigenvalue weighted by Gasteiger charge is 2.28. The van der Waals surface area contributed by atoms with Gasteiger partial charge in [-0.15, -0.1) is 0 Å². The van der Waals surface area contributed by atoms with Crippen molar-refractivity contribution in [3.05, 3.63) is 22.7 Å². The van der Waals surface area contributed by atoms with E-state index in [1.807, 2.05) is 0 Å². The molecular formula is C13H18BrNO4S. The summed E-state index contributed by atoms with van der Waals surface area (Å²) in [6.45, 7) is 0.249. The molecule has 0 saturated heterocycles. The molecule has 1 aliphatic carbocycles. The highest BCUT2D eigenvalue weighted by atomic mass is 79.9. The minimum atomic E-state index is -3.65. The van der Waals surface area contributed by atoms with Crippen molar-refractivity contribution in [2.24, 2.45) is 5.92 Å². The molecule has 2 rings (SSSR count). The van der Waals surface area contributed by atoms with E-state index in [1.165, 1.54) is 13.2 Å². The number of halogens is 1. The third-order valence-electron chi connectivity index (χ3n) is 3.57. The van der Waals surface area contributed by atoms with Gasteiger partial charge < -0.3 is 9.84 Å². The zero-order chi connectivity index (χ0) is 14.8. The summed E-state index contributed by atoms with van der Waals surface area (Å²) in [5.74, 6) is 0.288. The van der Waals surface area contributed by atoms with E-state index in [2.05, 4.69) is 20.7 Å². The summed E-state index contributed by atoms with van der Waals surface area (Å²) in [7, 11) is -2.22. The van der Waals surface area contributed by atoms with Crippen molar-refractivity contribution >= 4 is 26.0 Å². The fourth-order valence-electron chi connectivity index (χ4n) is 2.41. The number of sulfonamides is 1. The Balaban J connectivity index is 2.15. The first-order valence-electron chi connectivity index (χ1n) is 6.45. The molecule has 1 fully saturated rings. The molecule has 0 amide bonds. The molecule has 20 heavy (non-hydrogen) atoms. The second-order valence-electron chi connectivity index (χ2n) is 4.91. The molecule has 2 atom stereocenters. The molecule has 0 spiro atoms. The van der Waals surface area contributed by atoms with E-state index in [1.54, 1.807) is 12.1 Å². The largest absolute Gasteiger partial charge is 0.495 e. The van der Waals surface area contributed by atoms with Crippen LogP contribution in [-0.4, -0.2) is 33.3 Å². The predicted molar refractivity (Wildman–Crippen MR) is 79.2 cm³/mol. The van der Waals surface area contributed by atoms with Crippen LogP contribution in [0.3, 0.4) is 0 Å². The van der Waals surface area contributed by atoms with Gasteiger partial charge in [0.05, 0.1) is 13.2 Å². The van der Waals surface area contributed by atoms with Gasteiger partial charge >= 0.3 is 0 Å². The Morgan fingerprint density at radius 2 is 2.20 bits per heavy atom. The van der Waals surface area contributed by atoms with Gasteiger partial charge in [-0.05, 0) is 37.0 Å². The molecule has 2 N–H and O–H groups in total. The van der Waals surface area contributed by atoms with Gasteiger partial charge in [-0.3, -0.25) is 0 Å². The third-order valence-corrected chi connectivity index (χ3v) is 5.51. The molecule has 0 radical (unpaired) electrons. The Kier molecular flexibility index (Phi) is 5.06. The molecule has 2 unspecified atom stereocenters. The fourth-order valence-corrected chi connectivity index (χ4v) is 4.21. The van der Waals surface area contributed by atoms with Gasteiger partial charge in [-0.1, -0.05) is 22.4 Å². The predicted octanol–water partition coefficient (Wildman–Crippen LogP) is 1.90. The first-order valence-corrected chi connectivity index (χ1v) is 8.73. The molecule has 1 aromatic carbocycles. The number of benzene rings is 1. The maximum Gasteiger partial charge on any atom is 0.244 e. The molecule has 5 nitrogen and oxygen atoms in total. The summed E-state index contributed by atoms with van der Waals surface area (Å²) in [5, 5.41) is 9.73. The van der Waals surface area contributed by atoms with Crippen molar-refractivity contribution in [3.63, 3.8) is 0 Å². The number of ether oxygens (including phenoxy) is 1. The molecular weight excluding hydrogens is 346 g/mol. The number of nitrogens with one attached hydrogen (secondary N) is 1. The number of methoxy groups -OCH3 is 1. The second kappa shape index (κ2) is 6.43. The Morgan fingerprint density at radius 1 is 1.45 bits per heavy atom. The van der Waals surface area contributed by atoms with Crippen LogP contribution in [0, 0.1) is 5.92 Å². The minimum absolute atomic E-state index is 0.0112. The molecule has 1 aromatic rings. The highest BCUT2D eigenvalue weighted by molar-refractivity contribution is 9.10. The summed E-state index contributed by atoms with van der Waals surface area (Å²) < 4.78 is 33.0. The van der Waals surface area contributed by atoms with Gasteiger partial charge in [0, 0.05) is 11.0 Å². The molecule has 7 heteroatoms. The van der Waals surface area contributed by atoms with E-state index in [4.69, 9.17) is 4.74 Å². The number of hydrogen-bond acceptors (Lipinski definition) is 4. The normalized spacial score (nSPS) is 22.9. The molecule has 1 saturated carbocycles. The Hall–Kier alpha value is -0.630. The average Bonchev–Trinajstić information content (AvgIpc) is 2.82. The van der Waals surface area contributed by atoms with Gasteiger partial charge in [0.15, 0.2) is 0 Å². The van der Waals surface area contributed by atoms with Gasteiger partial charge in [0.25, 0.3) is 0 Å². The lowest BCUT2D eigenvalue weighted by Gasteiger charge is -2.16. The number of hydrogen-bond donors (Lipinski definition) is 2. The maximum absolute atomic E-state index is 12.3. The van der Waals surface area contributed by atoms with Gasteiger partial charge in [0.1, 0.15) is 10.6 Å². The molecule has 112 valence electrons. The van der Waals surface area contributed by atoms with E-state index in [-0.39, 0.29) is 17.4 Å². The molecule has 0 bridgehead atoms. The van der Waals surface area contributed by atoms with Crippen LogP contribution in [0.1, 0.15) is 19.3 Å². The van der Waals surface area contributed by atoms with Crippen molar-refractivity contribution in [1.29, 1.82) is 0 Å². The zero-order valence-corrected chi connectivity index (χ0v) is 13.6. The van der Waals surface area contributed by atoms with Crippen LogP contribution in [0.25, 0.3) is 0 Å². The van der Waals surface area contributed by atoms with Gasteiger partial charge in [0.2, 0.25) is 10.0 Å². The van der Waals surface area contributed by atoms with E-state index in [0.29, 0.717) is 10.2 Å². The van der Waals surface area contributed by atoms with Crippen molar-refractivity contribution in [2.45, 2.75) is 30.3 Å². The van der Waals surface area contributed by atoms with Gasteiger partial charge in [-0.2, -0.15) is 0 Å². The number of aliphatic hydroxyl groups excluding tert-OH is 1. The van der Waals surface area contributed by atoms with Crippen LogP contribution in [0.5, 0.6) is 5.75 Å². The van der Waals surface area contributed by atoms with Crippen LogP contribution in [0.15, 0.2) is 27.6 Å². The lowest BCUT2D eigenvalue weighted by molar-refractivity contribution is 0.134. The van der Waals surface area contributed by atoms with Crippen molar-refractivity contribution in [3.8, 4) is 5.75 Å². The maximum atomic E-state index is 12.3. The summed E-state index contributed by atoms with van der Waals surface area (Å²) in [6, 6.07) is 4.83. The Morgan fingerprint density at radius 3 is 2.80 bits per heavy atom. The average molecular weight is 364 g/mol. The van der Waals surface area contributed by atoms with Crippen molar-refractivity contribution < 1.29 is 18.3 Å². The van der Waals surface area contributed by atoms with E-state index >= 15 is 0 Å². The summed E-state index contributed by atoms with van der Waals surface area (Å²) in [5.41, 5.74) is 0. The van der Waals surface area contributed by atoms with Crippen molar-refractivity contribution in [2.75, 3.05) is 13.7 Å². The summed E-state index contributed by atoms with van der Waals surface area (Å²) >= 11 is 3.26. The van der Waals surface area contributed by atoms with Crippen LogP contribution in [0.4, 0.5) is 0 Å². The molecule has 0 heterocycles. The van der Waals surface area contributed by atoms with Crippen LogP contribution in [0.2, 0.25) is 0 Å². The van der Waals surface area contributed by atoms with Crippen molar-refractivity contribution in [1.82, 2.24) is 4.72 Å². The Bertz CT molecular complexity index is 576. The molecule has 0 aliphatic heterocycles. The zero-order valence-electron chi connectivity index (χ0n) is 11.2. The topological polar surface area (TPSA) is 75.6 Å². The van der Waals surface area contributed by atoms with Crippen LogP contribution in [-0.2, 0) is 10.0 Å². The SMILES string of the molecule is COc1ccc(Br)cc1S(=O)(=O)NCC1CCCC1O. The fraction of sp³-hybridized carbons (Fsp3) is 0.538. The Labute approximate surface area is 127 Å². The second-order valence-corrected chi connectivity index (χ2v) is 7.56. The monoisotopic (exact) mass is 363 g/mol. The van der Waals surface area contributed by atoms with E-state index < -0.39 is 16.1 Å². The lowest BCUT2D eigenvalue weighted by Crippen LogP contribution is -2.32.